The Kier molecular flexibility index (Phi) is 5.54. The van der Waals surface area contributed by atoms with E-state index in [1.54, 1.807) is 11.3 Å². The first kappa shape index (κ1) is 14.1. The number of halogens is 2. The van der Waals surface area contributed by atoms with Crippen LogP contribution in [0.1, 0.15) is 16.8 Å². The average Bonchev–Trinajstić information content (AvgIpc) is 2.51. The fourth-order valence-electron chi connectivity index (χ4n) is 1.77. The van der Waals surface area contributed by atoms with Crippen molar-refractivity contribution in [1.82, 2.24) is 4.90 Å². The van der Waals surface area contributed by atoms with E-state index in [9.17, 15) is 4.79 Å². The quantitative estimate of drug-likeness (QED) is 0.720. The molecule has 2 heterocycles. The molecule has 1 aromatic heterocycles. The third kappa shape index (κ3) is 4.06. The van der Waals surface area contributed by atoms with Gasteiger partial charge in [-0.2, -0.15) is 11.8 Å². The number of carbonyl (C=O) groups is 1. The summed E-state index contributed by atoms with van der Waals surface area (Å²) in [6, 6.07) is 1.91. The Hall–Kier alpha value is 0.640. The molecule has 6 heteroatoms. The van der Waals surface area contributed by atoms with Crippen LogP contribution in [0, 0.1) is 0 Å². The average molecular weight is 399 g/mol. The minimum atomic E-state index is 0.214. The minimum Gasteiger partial charge on any atom is -0.295 e. The molecule has 0 saturated carbocycles. The number of nitrogens with zero attached hydrogens (tertiary/aromatic N) is 1. The van der Waals surface area contributed by atoms with Crippen molar-refractivity contribution >= 4 is 60.7 Å². The standard InChI is InChI=1S/C11H13Br2NOS2/c12-10-6-8(11(13)17-10)9(15)7-14-2-1-4-16-5-3-14/h6H,1-5,7H2. The summed E-state index contributed by atoms with van der Waals surface area (Å²) < 4.78 is 1.93. The highest BCUT2D eigenvalue weighted by Gasteiger charge is 2.18. The number of rotatable bonds is 3. The van der Waals surface area contributed by atoms with E-state index in [2.05, 4.69) is 36.8 Å². The molecular weight excluding hydrogens is 386 g/mol. The predicted molar refractivity (Wildman–Crippen MR) is 82.4 cm³/mol. The number of hydrogen-bond donors (Lipinski definition) is 0. The van der Waals surface area contributed by atoms with Gasteiger partial charge in [0.1, 0.15) is 0 Å². The zero-order valence-electron chi connectivity index (χ0n) is 9.25. The van der Waals surface area contributed by atoms with Crippen LogP contribution in [-0.4, -0.2) is 41.8 Å². The van der Waals surface area contributed by atoms with E-state index in [0.29, 0.717) is 6.54 Å². The Morgan fingerprint density at radius 3 is 2.88 bits per heavy atom. The lowest BCUT2D eigenvalue weighted by atomic mass is 10.2. The zero-order valence-corrected chi connectivity index (χ0v) is 14.1. The lowest BCUT2D eigenvalue weighted by molar-refractivity contribution is 0.0935. The molecule has 0 bridgehead atoms. The monoisotopic (exact) mass is 397 g/mol. The predicted octanol–water partition coefficient (Wildman–Crippen LogP) is 3.89. The molecule has 0 aliphatic carbocycles. The van der Waals surface area contributed by atoms with Crippen LogP contribution in [0.2, 0.25) is 0 Å². The third-order valence-corrected chi connectivity index (χ3v) is 6.03. The van der Waals surface area contributed by atoms with Crippen molar-refractivity contribution in [3.8, 4) is 0 Å². The van der Waals surface area contributed by atoms with Gasteiger partial charge in [-0.15, -0.1) is 11.3 Å². The van der Waals surface area contributed by atoms with Crippen LogP contribution in [0.5, 0.6) is 0 Å². The van der Waals surface area contributed by atoms with Gasteiger partial charge in [-0.3, -0.25) is 9.69 Å². The first-order valence-electron chi connectivity index (χ1n) is 5.45. The molecule has 1 saturated heterocycles. The maximum atomic E-state index is 12.2. The molecule has 1 aliphatic heterocycles. The van der Waals surface area contributed by atoms with Crippen LogP contribution < -0.4 is 0 Å². The molecule has 1 fully saturated rings. The van der Waals surface area contributed by atoms with E-state index in [-0.39, 0.29) is 5.78 Å². The number of Topliss-reactive ketones (excluding diaryl/α,β-unsaturated/α-hetero) is 1. The van der Waals surface area contributed by atoms with Crippen molar-refractivity contribution in [2.45, 2.75) is 6.42 Å². The molecule has 1 aliphatic rings. The maximum Gasteiger partial charge on any atom is 0.178 e. The molecule has 0 amide bonds. The van der Waals surface area contributed by atoms with Crippen molar-refractivity contribution in [2.24, 2.45) is 0 Å². The van der Waals surface area contributed by atoms with E-state index >= 15 is 0 Å². The molecule has 0 unspecified atom stereocenters. The summed E-state index contributed by atoms with van der Waals surface area (Å²) in [6.07, 6.45) is 1.19. The Labute approximate surface area is 126 Å². The Morgan fingerprint density at radius 2 is 2.18 bits per heavy atom. The Balaban J connectivity index is 1.98. The summed E-state index contributed by atoms with van der Waals surface area (Å²) in [5.74, 6) is 2.57. The largest absolute Gasteiger partial charge is 0.295 e. The summed E-state index contributed by atoms with van der Waals surface area (Å²) in [6.45, 7) is 2.61. The molecule has 0 radical (unpaired) electrons. The van der Waals surface area contributed by atoms with Crippen LogP contribution in [0.4, 0.5) is 0 Å². The summed E-state index contributed by atoms with van der Waals surface area (Å²) in [7, 11) is 0. The van der Waals surface area contributed by atoms with Gasteiger partial charge < -0.3 is 0 Å². The fourth-order valence-corrected chi connectivity index (χ4v) is 5.55. The number of ketones is 1. The van der Waals surface area contributed by atoms with Gasteiger partial charge in [0.15, 0.2) is 5.78 Å². The van der Waals surface area contributed by atoms with Crippen molar-refractivity contribution in [3.05, 3.63) is 19.2 Å². The van der Waals surface area contributed by atoms with Crippen LogP contribution in [-0.2, 0) is 0 Å². The van der Waals surface area contributed by atoms with Crippen molar-refractivity contribution in [2.75, 3.05) is 31.1 Å². The highest BCUT2D eigenvalue weighted by molar-refractivity contribution is 9.12. The number of thioether (sulfide) groups is 1. The molecule has 1 aromatic rings. The number of carbonyl (C=O) groups excluding carboxylic acids is 1. The molecule has 17 heavy (non-hydrogen) atoms. The van der Waals surface area contributed by atoms with Gasteiger partial charge in [0.05, 0.1) is 14.1 Å². The minimum absolute atomic E-state index is 0.214. The van der Waals surface area contributed by atoms with Crippen LogP contribution in [0.25, 0.3) is 0 Å². The van der Waals surface area contributed by atoms with E-state index in [1.165, 1.54) is 12.2 Å². The second kappa shape index (κ2) is 6.70. The molecule has 0 aromatic carbocycles. The van der Waals surface area contributed by atoms with E-state index < -0.39 is 0 Å². The topological polar surface area (TPSA) is 20.3 Å². The number of hydrogen-bond acceptors (Lipinski definition) is 4. The van der Waals surface area contributed by atoms with Gasteiger partial charge in [0.25, 0.3) is 0 Å². The lowest BCUT2D eigenvalue weighted by Gasteiger charge is -2.17. The SMILES string of the molecule is O=C(CN1CCCSCC1)c1cc(Br)sc1Br. The van der Waals surface area contributed by atoms with Gasteiger partial charge in [0, 0.05) is 17.9 Å². The summed E-state index contributed by atoms with van der Waals surface area (Å²) in [4.78, 5) is 14.4. The molecule has 0 atom stereocenters. The second-order valence-corrected chi connectivity index (χ2v) is 8.88. The summed E-state index contributed by atoms with van der Waals surface area (Å²) in [5.41, 5.74) is 0.804. The summed E-state index contributed by atoms with van der Waals surface area (Å²) >= 11 is 10.4. The van der Waals surface area contributed by atoms with E-state index in [4.69, 9.17) is 0 Å². The smallest absolute Gasteiger partial charge is 0.178 e. The highest BCUT2D eigenvalue weighted by atomic mass is 79.9. The second-order valence-electron chi connectivity index (χ2n) is 3.90. The van der Waals surface area contributed by atoms with Gasteiger partial charge in [-0.25, -0.2) is 0 Å². The van der Waals surface area contributed by atoms with E-state index in [1.807, 2.05) is 17.8 Å². The lowest BCUT2D eigenvalue weighted by Crippen LogP contribution is -2.31. The van der Waals surface area contributed by atoms with Crippen LogP contribution in [0.15, 0.2) is 13.6 Å². The number of thiophene rings is 1. The van der Waals surface area contributed by atoms with Crippen molar-refractivity contribution in [3.63, 3.8) is 0 Å². The normalized spacial score (nSPS) is 18.0. The van der Waals surface area contributed by atoms with Crippen LogP contribution in [0.3, 0.4) is 0 Å². The molecule has 2 nitrogen and oxygen atoms in total. The molecular formula is C11H13Br2NOS2. The fraction of sp³-hybridized carbons (Fsp3) is 0.545. The molecule has 2 rings (SSSR count). The third-order valence-electron chi connectivity index (χ3n) is 2.64. The van der Waals surface area contributed by atoms with Gasteiger partial charge >= 0.3 is 0 Å². The van der Waals surface area contributed by atoms with Gasteiger partial charge in [-0.05, 0) is 56.6 Å². The molecule has 0 N–H and O–H groups in total. The zero-order chi connectivity index (χ0) is 12.3. The van der Waals surface area contributed by atoms with Crippen molar-refractivity contribution in [1.29, 1.82) is 0 Å². The summed E-state index contributed by atoms with van der Waals surface area (Å²) in [5, 5.41) is 0. The first-order chi connectivity index (χ1) is 8.16. The maximum absolute atomic E-state index is 12.2. The molecule has 0 spiro atoms. The van der Waals surface area contributed by atoms with Crippen LogP contribution >= 0.6 is 55.0 Å². The Bertz CT molecular complexity index is 400. The Morgan fingerprint density at radius 1 is 1.35 bits per heavy atom. The van der Waals surface area contributed by atoms with Crippen molar-refractivity contribution < 1.29 is 4.79 Å². The van der Waals surface area contributed by atoms with Gasteiger partial charge in [-0.1, -0.05) is 0 Å². The van der Waals surface area contributed by atoms with E-state index in [0.717, 1.165) is 32.0 Å². The first-order valence-corrected chi connectivity index (χ1v) is 9.00. The molecule has 94 valence electrons. The van der Waals surface area contributed by atoms with Gasteiger partial charge in [0.2, 0.25) is 0 Å². The highest BCUT2D eigenvalue weighted by Crippen LogP contribution is 2.32.